The molecule has 1 fully saturated rings. The third-order valence-corrected chi connectivity index (χ3v) is 4.28. The molecular weight excluding hydrogens is 194 g/mol. The van der Waals surface area contributed by atoms with E-state index >= 15 is 0 Å². The first-order valence-electron chi connectivity index (χ1n) is 6.47. The second-order valence-electron chi connectivity index (χ2n) is 5.24. The minimum atomic E-state index is 0.406. The van der Waals surface area contributed by atoms with Crippen LogP contribution in [0.5, 0.6) is 0 Å². The van der Waals surface area contributed by atoms with E-state index in [9.17, 15) is 0 Å². The SMILES string of the molecule is CCNCC1(c2ccc(C)cc2)CCC1C. The molecule has 1 heteroatoms. The summed E-state index contributed by atoms with van der Waals surface area (Å²) in [6.45, 7) is 8.94. The average molecular weight is 217 g/mol. The molecule has 2 unspecified atom stereocenters. The van der Waals surface area contributed by atoms with Gasteiger partial charge in [0.25, 0.3) is 0 Å². The Bertz CT molecular complexity index is 341. The smallest absolute Gasteiger partial charge is 0.0103 e. The highest BCUT2D eigenvalue weighted by molar-refractivity contribution is 5.32. The standard InChI is InChI=1S/C15H23N/c1-4-16-11-15(10-9-13(15)3)14-7-5-12(2)6-8-14/h5-8,13,16H,4,9-11H2,1-3H3. The van der Waals surface area contributed by atoms with Gasteiger partial charge in [0, 0.05) is 12.0 Å². The van der Waals surface area contributed by atoms with E-state index in [1.807, 2.05) is 0 Å². The molecule has 1 saturated carbocycles. The van der Waals surface area contributed by atoms with Gasteiger partial charge in [0.2, 0.25) is 0 Å². The largest absolute Gasteiger partial charge is 0.316 e. The highest BCUT2D eigenvalue weighted by Crippen LogP contribution is 2.48. The summed E-state index contributed by atoms with van der Waals surface area (Å²) in [6.07, 6.45) is 2.71. The van der Waals surface area contributed by atoms with Crippen molar-refractivity contribution in [3.05, 3.63) is 35.4 Å². The van der Waals surface area contributed by atoms with Crippen LogP contribution in [0.3, 0.4) is 0 Å². The molecule has 1 aromatic rings. The number of hydrogen-bond donors (Lipinski definition) is 1. The topological polar surface area (TPSA) is 12.0 Å². The molecule has 0 heterocycles. The van der Waals surface area contributed by atoms with E-state index in [0.717, 1.165) is 19.0 Å². The van der Waals surface area contributed by atoms with E-state index in [1.165, 1.54) is 24.0 Å². The van der Waals surface area contributed by atoms with Crippen LogP contribution in [0.25, 0.3) is 0 Å². The van der Waals surface area contributed by atoms with Crippen LogP contribution in [0.2, 0.25) is 0 Å². The molecule has 1 N–H and O–H groups in total. The Hall–Kier alpha value is -0.820. The second-order valence-corrected chi connectivity index (χ2v) is 5.24. The molecule has 0 saturated heterocycles. The van der Waals surface area contributed by atoms with Gasteiger partial charge in [0.05, 0.1) is 0 Å². The normalized spacial score (nSPS) is 28.8. The molecule has 0 aromatic heterocycles. The van der Waals surface area contributed by atoms with E-state index in [4.69, 9.17) is 0 Å². The van der Waals surface area contributed by atoms with Gasteiger partial charge in [-0.2, -0.15) is 0 Å². The molecule has 88 valence electrons. The first kappa shape index (κ1) is 11.7. The van der Waals surface area contributed by atoms with Crippen LogP contribution < -0.4 is 5.32 Å². The van der Waals surface area contributed by atoms with Gasteiger partial charge < -0.3 is 5.32 Å². The van der Waals surface area contributed by atoms with Crippen molar-refractivity contribution in [3.63, 3.8) is 0 Å². The number of likely N-dealkylation sites (N-methyl/N-ethyl adjacent to an activating group) is 1. The van der Waals surface area contributed by atoms with Crippen LogP contribution in [-0.2, 0) is 5.41 Å². The lowest BCUT2D eigenvalue weighted by Crippen LogP contribution is -2.50. The number of nitrogens with one attached hydrogen (secondary N) is 1. The minimum absolute atomic E-state index is 0.406. The molecule has 2 atom stereocenters. The van der Waals surface area contributed by atoms with Gasteiger partial charge in [-0.05, 0) is 37.8 Å². The Morgan fingerprint density at radius 3 is 2.44 bits per heavy atom. The van der Waals surface area contributed by atoms with E-state index in [1.54, 1.807) is 0 Å². The molecule has 0 bridgehead atoms. The molecule has 0 radical (unpaired) electrons. The third-order valence-electron chi connectivity index (χ3n) is 4.28. The van der Waals surface area contributed by atoms with Crippen molar-refractivity contribution < 1.29 is 0 Å². The summed E-state index contributed by atoms with van der Waals surface area (Å²) in [7, 11) is 0. The summed E-state index contributed by atoms with van der Waals surface area (Å²) in [5.74, 6) is 0.814. The fourth-order valence-corrected chi connectivity index (χ4v) is 2.81. The maximum absolute atomic E-state index is 3.53. The number of benzene rings is 1. The monoisotopic (exact) mass is 217 g/mol. The van der Waals surface area contributed by atoms with Gasteiger partial charge in [0.1, 0.15) is 0 Å². The fourth-order valence-electron chi connectivity index (χ4n) is 2.81. The van der Waals surface area contributed by atoms with Gasteiger partial charge in [-0.1, -0.05) is 43.7 Å². The summed E-state index contributed by atoms with van der Waals surface area (Å²) in [5, 5.41) is 3.53. The van der Waals surface area contributed by atoms with Gasteiger partial charge in [-0.15, -0.1) is 0 Å². The zero-order valence-electron chi connectivity index (χ0n) is 10.7. The van der Waals surface area contributed by atoms with E-state index < -0.39 is 0 Å². The van der Waals surface area contributed by atoms with Crippen LogP contribution in [0, 0.1) is 12.8 Å². The molecule has 0 amide bonds. The van der Waals surface area contributed by atoms with Gasteiger partial charge >= 0.3 is 0 Å². The Kier molecular flexibility index (Phi) is 3.34. The zero-order chi connectivity index (χ0) is 11.6. The maximum Gasteiger partial charge on any atom is 0.0103 e. The predicted molar refractivity (Wildman–Crippen MR) is 69.8 cm³/mol. The Balaban J connectivity index is 2.22. The van der Waals surface area contributed by atoms with Crippen molar-refractivity contribution in [3.8, 4) is 0 Å². The Morgan fingerprint density at radius 2 is 2.00 bits per heavy atom. The van der Waals surface area contributed by atoms with E-state index in [0.29, 0.717) is 5.41 Å². The van der Waals surface area contributed by atoms with Gasteiger partial charge in [0.15, 0.2) is 0 Å². The van der Waals surface area contributed by atoms with E-state index in [-0.39, 0.29) is 0 Å². The highest BCUT2D eigenvalue weighted by atomic mass is 14.9. The summed E-state index contributed by atoms with van der Waals surface area (Å²) >= 11 is 0. The first-order chi connectivity index (χ1) is 7.69. The molecular formula is C15H23N. The predicted octanol–water partition coefficient (Wildman–Crippen LogP) is 3.27. The van der Waals surface area contributed by atoms with Crippen LogP contribution in [0.15, 0.2) is 24.3 Å². The van der Waals surface area contributed by atoms with Crippen LogP contribution in [0.1, 0.15) is 37.8 Å². The lowest BCUT2D eigenvalue weighted by molar-refractivity contribution is 0.135. The summed E-state index contributed by atoms with van der Waals surface area (Å²) in [6, 6.07) is 9.13. The second kappa shape index (κ2) is 4.58. The van der Waals surface area contributed by atoms with Crippen molar-refractivity contribution >= 4 is 0 Å². The van der Waals surface area contributed by atoms with Gasteiger partial charge in [-0.3, -0.25) is 0 Å². The molecule has 2 rings (SSSR count). The average Bonchev–Trinajstić information content (AvgIpc) is 2.30. The molecule has 1 nitrogen and oxygen atoms in total. The van der Waals surface area contributed by atoms with E-state index in [2.05, 4.69) is 50.4 Å². The van der Waals surface area contributed by atoms with Crippen molar-refractivity contribution in [2.45, 2.75) is 39.0 Å². The summed E-state index contributed by atoms with van der Waals surface area (Å²) in [4.78, 5) is 0. The van der Waals surface area contributed by atoms with Crippen molar-refractivity contribution in [2.24, 2.45) is 5.92 Å². The molecule has 1 aliphatic rings. The maximum atomic E-state index is 3.53. The Morgan fingerprint density at radius 1 is 1.31 bits per heavy atom. The first-order valence-corrected chi connectivity index (χ1v) is 6.47. The highest BCUT2D eigenvalue weighted by Gasteiger charge is 2.44. The summed E-state index contributed by atoms with van der Waals surface area (Å²) < 4.78 is 0. The third kappa shape index (κ3) is 1.89. The minimum Gasteiger partial charge on any atom is -0.316 e. The number of rotatable bonds is 4. The Labute approximate surface area is 99.3 Å². The van der Waals surface area contributed by atoms with Crippen molar-refractivity contribution in [1.82, 2.24) is 5.32 Å². The van der Waals surface area contributed by atoms with Gasteiger partial charge in [-0.25, -0.2) is 0 Å². The van der Waals surface area contributed by atoms with Crippen molar-refractivity contribution in [2.75, 3.05) is 13.1 Å². The lowest BCUT2D eigenvalue weighted by Gasteiger charge is -2.49. The molecule has 16 heavy (non-hydrogen) atoms. The molecule has 0 spiro atoms. The zero-order valence-corrected chi connectivity index (χ0v) is 10.7. The fraction of sp³-hybridized carbons (Fsp3) is 0.600. The summed E-state index contributed by atoms with van der Waals surface area (Å²) in [5.41, 5.74) is 3.29. The number of aryl methyl sites for hydroxylation is 1. The molecule has 1 aromatic carbocycles. The molecule has 0 aliphatic heterocycles. The van der Waals surface area contributed by atoms with Crippen LogP contribution >= 0.6 is 0 Å². The quantitative estimate of drug-likeness (QED) is 0.816. The number of hydrogen-bond acceptors (Lipinski definition) is 1. The van der Waals surface area contributed by atoms with Crippen molar-refractivity contribution in [1.29, 1.82) is 0 Å². The lowest BCUT2D eigenvalue weighted by atomic mass is 9.57. The van der Waals surface area contributed by atoms with Crippen LogP contribution in [0.4, 0.5) is 0 Å². The molecule has 1 aliphatic carbocycles. The van der Waals surface area contributed by atoms with Crippen LogP contribution in [-0.4, -0.2) is 13.1 Å².